The van der Waals surface area contributed by atoms with E-state index in [0.717, 1.165) is 0 Å². The Labute approximate surface area is 140 Å². The van der Waals surface area contributed by atoms with E-state index in [4.69, 9.17) is 12.2 Å². The molecule has 0 aliphatic rings. The number of halogens is 1. The number of aromatic nitrogens is 3. The second kappa shape index (κ2) is 6.55. The fourth-order valence-corrected chi connectivity index (χ4v) is 2.32. The van der Waals surface area contributed by atoms with Gasteiger partial charge in [0.2, 0.25) is 4.77 Å². The number of aromatic amines is 1. The Morgan fingerprint density at radius 3 is 2.71 bits per heavy atom. The highest BCUT2D eigenvalue weighted by Crippen LogP contribution is 2.20. The van der Waals surface area contributed by atoms with Gasteiger partial charge >= 0.3 is 5.97 Å². The van der Waals surface area contributed by atoms with Crippen LogP contribution in [0.2, 0.25) is 0 Å². The van der Waals surface area contributed by atoms with Crippen LogP contribution in [0.15, 0.2) is 53.6 Å². The molecule has 0 atom stereocenters. The van der Waals surface area contributed by atoms with Gasteiger partial charge in [0.1, 0.15) is 5.82 Å². The number of hydrogen-bond acceptors (Lipinski definition) is 4. The van der Waals surface area contributed by atoms with E-state index in [2.05, 4.69) is 15.3 Å². The number of nitrogens with zero attached hydrogens (tertiary/aromatic N) is 3. The van der Waals surface area contributed by atoms with Crippen LogP contribution in [0.25, 0.3) is 11.4 Å². The summed E-state index contributed by atoms with van der Waals surface area (Å²) in [6.07, 6.45) is 1.35. The van der Waals surface area contributed by atoms with Crippen LogP contribution in [0.4, 0.5) is 4.39 Å². The highest BCUT2D eigenvalue weighted by molar-refractivity contribution is 7.71. The second-order valence-corrected chi connectivity index (χ2v) is 5.17. The molecule has 0 radical (unpaired) electrons. The van der Waals surface area contributed by atoms with E-state index in [-0.39, 0.29) is 21.7 Å². The number of benzene rings is 2. The molecule has 0 saturated carbocycles. The van der Waals surface area contributed by atoms with E-state index in [1.807, 2.05) is 0 Å². The van der Waals surface area contributed by atoms with E-state index >= 15 is 0 Å². The Morgan fingerprint density at radius 2 is 1.96 bits per heavy atom. The molecule has 0 bridgehead atoms. The molecule has 0 aliphatic heterocycles. The number of hydrogen-bond donors (Lipinski definition) is 2. The smallest absolute Gasteiger partial charge is 0.336 e. The quantitative estimate of drug-likeness (QED) is 0.563. The average Bonchev–Trinajstić information content (AvgIpc) is 2.94. The monoisotopic (exact) mass is 342 g/mol. The molecule has 120 valence electrons. The summed E-state index contributed by atoms with van der Waals surface area (Å²) in [5, 5.41) is 19.9. The van der Waals surface area contributed by atoms with Gasteiger partial charge in [-0.3, -0.25) is 0 Å². The normalized spacial score (nSPS) is 11.0. The van der Waals surface area contributed by atoms with Gasteiger partial charge in [-0.15, -0.1) is 0 Å². The molecule has 2 N–H and O–H groups in total. The predicted octanol–water partition coefficient (Wildman–Crippen LogP) is 3.33. The first-order valence-electron chi connectivity index (χ1n) is 6.87. The lowest BCUT2D eigenvalue weighted by molar-refractivity contribution is 0.0697. The predicted molar refractivity (Wildman–Crippen MR) is 89.2 cm³/mol. The number of H-pyrrole nitrogens is 1. The Morgan fingerprint density at radius 1 is 1.25 bits per heavy atom. The van der Waals surface area contributed by atoms with Crippen molar-refractivity contribution in [2.75, 3.05) is 0 Å². The summed E-state index contributed by atoms with van der Waals surface area (Å²) >= 11 is 5.11. The average molecular weight is 342 g/mol. The third-order valence-corrected chi connectivity index (χ3v) is 3.53. The van der Waals surface area contributed by atoms with Crippen molar-refractivity contribution in [2.24, 2.45) is 5.10 Å². The summed E-state index contributed by atoms with van der Waals surface area (Å²) in [5.41, 5.74) is 0.727. The largest absolute Gasteiger partial charge is 0.478 e. The summed E-state index contributed by atoms with van der Waals surface area (Å²) in [4.78, 5) is 11.2. The molecule has 0 aliphatic carbocycles. The summed E-state index contributed by atoms with van der Waals surface area (Å²) in [6, 6.07) is 12.5. The molecule has 3 aromatic rings. The van der Waals surface area contributed by atoms with E-state index in [0.29, 0.717) is 5.56 Å². The Kier molecular flexibility index (Phi) is 4.30. The van der Waals surface area contributed by atoms with E-state index < -0.39 is 11.8 Å². The Bertz CT molecular complexity index is 993. The first-order chi connectivity index (χ1) is 11.6. The maximum Gasteiger partial charge on any atom is 0.336 e. The van der Waals surface area contributed by atoms with Crippen LogP contribution < -0.4 is 0 Å². The van der Waals surface area contributed by atoms with Crippen molar-refractivity contribution in [3.8, 4) is 11.4 Å². The first kappa shape index (κ1) is 15.8. The van der Waals surface area contributed by atoms with Crippen molar-refractivity contribution in [2.45, 2.75) is 0 Å². The summed E-state index contributed by atoms with van der Waals surface area (Å²) in [6.45, 7) is 0. The highest BCUT2D eigenvalue weighted by Gasteiger charge is 2.13. The first-order valence-corrected chi connectivity index (χ1v) is 7.28. The van der Waals surface area contributed by atoms with Crippen LogP contribution in [-0.4, -0.2) is 32.2 Å². The molecule has 0 fully saturated rings. The fraction of sp³-hybridized carbons (Fsp3) is 0. The van der Waals surface area contributed by atoms with Crippen molar-refractivity contribution in [1.82, 2.24) is 14.9 Å². The minimum atomic E-state index is -1.07. The molecule has 0 amide bonds. The molecule has 2 aromatic carbocycles. The van der Waals surface area contributed by atoms with Crippen molar-refractivity contribution >= 4 is 24.4 Å². The van der Waals surface area contributed by atoms with Crippen molar-refractivity contribution in [1.29, 1.82) is 0 Å². The van der Waals surface area contributed by atoms with Gasteiger partial charge in [-0.25, -0.2) is 14.3 Å². The summed E-state index contributed by atoms with van der Waals surface area (Å²) in [7, 11) is 0. The molecule has 0 unspecified atom stereocenters. The van der Waals surface area contributed by atoms with Crippen molar-refractivity contribution < 1.29 is 14.3 Å². The lowest BCUT2D eigenvalue weighted by Gasteiger charge is -2.03. The topological polar surface area (TPSA) is 83.3 Å². The van der Waals surface area contributed by atoms with Gasteiger partial charge in [-0.1, -0.05) is 30.3 Å². The van der Waals surface area contributed by atoms with Crippen LogP contribution in [0.1, 0.15) is 15.9 Å². The van der Waals surface area contributed by atoms with Crippen LogP contribution in [0.3, 0.4) is 0 Å². The molecule has 1 aromatic heterocycles. The zero-order valence-corrected chi connectivity index (χ0v) is 13.0. The van der Waals surface area contributed by atoms with Gasteiger partial charge in [0.15, 0.2) is 5.82 Å². The minimum Gasteiger partial charge on any atom is -0.478 e. The minimum absolute atomic E-state index is 0.101. The Hall–Kier alpha value is -3.13. The molecule has 24 heavy (non-hydrogen) atoms. The maximum atomic E-state index is 14.0. The molecule has 0 saturated heterocycles. The lowest BCUT2D eigenvalue weighted by atomic mass is 10.1. The second-order valence-electron chi connectivity index (χ2n) is 4.78. The van der Waals surface area contributed by atoms with Crippen LogP contribution >= 0.6 is 12.2 Å². The van der Waals surface area contributed by atoms with Gasteiger partial charge in [-0.2, -0.15) is 14.9 Å². The van der Waals surface area contributed by atoms with E-state index in [9.17, 15) is 14.3 Å². The van der Waals surface area contributed by atoms with Crippen molar-refractivity contribution in [3.05, 3.63) is 70.2 Å². The zero-order chi connectivity index (χ0) is 17.1. The van der Waals surface area contributed by atoms with E-state index in [1.165, 1.54) is 23.0 Å². The summed E-state index contributed by atoms with van der Waals surface area (Å²) < 4.78 is 15.4. The molecule has 0 spiro atoms. The van der Waals surface area contributed by atoms with E-state index in [1.54, 1.807) is 36.4 Å². The number of nitrogens with one attached hydrogen (secondary N) is 1. The lowest BCUT2D eigenvalue weighted by Crippen LogP contribution is -2.03. The fourth-order valence-electron chi connectivity index (χ4n) is 2.14. The maximum absolute atomic E-state index is 14.0. The highest BCUT2D eigenvalue weighted by atomic mass is 32.1. The third-order valence-electron chi connectivity index (χ3n) is 3.27. The molecule has 3 rings (SSSR count). The van der Waals surface area contributed by atoms with Crippen LogP contribution in [0.5, 0.6) is 0 Å². The van der Waals surface area contributed by atoms with Crippen LogP contribution in [-0.2, 0) is 0 Å². The molecule has 6 nitrogen and oxygen atoms in total. The number of carboxylic acids is 1. The SMILES string of the molecule is O=C(O)c1ccccc1C=Nn1c(-c2ccccc2F)n[nH]c1=S. The van der Waals surface area contributed by atoms with Crippen molar-refractivity contribution in [3.63, 3.8) is 0 Å². The number of carbonyl (C=O) groups is 1. The van der Waals surface area contributed by atoms with Gasteiger partial charge < -0.3 is 5.11 Å². The number of carboxylic acid groups (broad SMARTS) is 1. The van der Waals surface area contributed by atoms with Crippen LogP contribution in [0, 0.1) is 10.6 Å². The number of aromatic carboxylic acids is 1. The molecular weight excluding hydrogens is 331 g/mol. The molecular formula is C16H11FN4O2S. The standard InChI is InChI=1S/C16H11FN4O2S/c17-13-8-4-3-7-12(13)14-19-20-16(24)21(14)18-9-10-5-1-2-6-11(10)15(22)23/h1-9H,(H,20,24)(H,22,23). The third kappa shape index (κ3) is 2.99. The van der Waals surface area contributed by atoms with Gasteiger partial charge in [0.05, 0.1) is 17.3 Å². The molecule has 1 heterocycles. The summed E-state index contributed by atoms with van der Waals surface area (Å²) in [5.74, 6) is -1.33. The number of rotatable bonds is 4. The zero-order valence-electron chi connectivity index (χ0n) is 12.2. The van der Waals surface area contributed by atoms with Gasteiger partial charge in [0, 0.05) is 5.56 Å². The van der Waals surface area contributed by atoms with Gasteiger partial charge in [0.25, 0.3) is 0 Å². The van der Waals surface area contributed by atoms with Gasteiger partial charge in [-0.05, 0) is 30.4 Å². The Balaban J connectivity index is 2.07. The molecule has 8 heteroatoms.